The lowest BCUT2D eigenvalue weighted by Crippen LogP contribution is -2.18. The maximum absolute atomic E-state index is 12.2. The van der Waals surface area contributed by atoms with Crippen LogP contribution in [0.25, 0.3) is 0 Å². The molecule has 2 nitrogen and oxygen atoms in total. The van der Waals surface area contributed by atoms with Crippen LogP contribution >= 0.6 is 15.9 Å². The van der Waals surface area contributed by atoms with E-state index in [4.69, 9.17) is 4.74 Å². The highest BCUT2D eigenvalue weighted by Gasteiger charge is 2.26. The van der Waals surface area contributed by atoms with Crippen molar-refractivity contribution in [3.8, 4) is 5.75 Å². The molecule has 0 heterocycles. The van der Waals surface area contributed by atoms with Crippen molar-refractivity contribution in [2.75, 3.05) is 6.61 Å². The fraction of sp³-hybridized carbons (Fsp3) is 0.562. The lowest BCUT2D eigenvalue weighted by atomic mass is 9.83. The maximum Gasteiger partial charge on any atom is 0.140 e. The van der Waals surface area contributed by atoms with Crippen LogP contribution in [0, 0.1) is 5.92 Å². The third-order valence-electron chi connectivity index (χ3n) is 3.13. The first-order valence-corrected chi connectivity index (χ1v) is 7.75. The smallest absolute Gasteiger partial charge is 0.140 e. The van der Waals surface area contributed by atoms with Gasteiger partial charge in [0, 0.05) is 22.4 Å². The van der Waals surface area contributed by atoms with E-state index in [0.717, 1.165) is 22.2 Å². The first-order chi connectivity index (χ1) is 9.01. The second kappa shape index (κ2) is 7.68. The van der Waals surface area contributed by atoms with Crippen molar-refractivity contribution in [1.82, 2.24) is 0 Å². The first kappa shape index (κ1) is 16.2. The molecule has 0 aliphatic rings. The van der Waals surface area contributed by atoms with E-state index < -0.39 is 0 Å². The molecule has 0 amide bonds. The average Bonchev–Trinajstić information content (AvgIpc) is 2.37. The summed E-state index contributed by atoms with van der Waals surface area (Å²) in [6.07, 6.45) is 1.52. The molecule has 0 N–H and O–H groups in total. The van der Waals surface area contributed by atoms with Crippen LogP contribution < -0.4 is 4.74 Å². The van der Waals surface area contributed by atoms with E-state index in [2.05, 4.69) is 36.7 Å². The second-order valence-corrected chi connectivity index (χ2v) is 5.99. The molecule has 1 unspecified atom stereocenters. The summed E-state index contributed by atoms with van der Waals surface area (Å²) in [5.41, 5.74) is 1.00. The van der Waals surface area contributed by atoms with E-state index in [9.17, 15) is 4.79 Å². The summed E-state index contributed by atoms with van der Waals surface area (Å²) in [5, 5.41) is 0. The van der Waals surface area contributed by atoms with Gasteiger partial charge in [0.05, 0.1) is 6.61 Å². The van der Waals surface area contributed by atoms with Crippen molar-refractivity contribution in [2.45, 2.75) is 46.5 Å². The topological polar surface area (TPSA) is 26.3 Å². The zero-order valence-electron chi connectivity index (χ0n) is 12.2. The quantitative estimate of drug-likeness (QED) is 0.708. The van der Waals surface area contributed by atoms with Gasteiger partial charge in [-0.2, -0.15) is 0 Å². The van der Waals surface area contributed by atoms with Gasteiger partial charge in [0.25, 0.3) is 0 Å². The molecule has 1 aromatic rings. The molecule has 106 valence electrons. The predicted molar refractivity (Wildman–Crippen MR) is 82.8 cm³/mol. The summed E-state index contributed by atoms with van der Waals surface area (Å²) < 4.78 is 6.78. The Morgan fingerprint density at radius 2 is 2.00 bits per heavy atom. The summed E-state index contributed by atoms with van der Waals surface area (Å²) in [6, 6.07) is 5.93. The predicted octanol–water partition coefficient (Wildman–Crippen LogP) is 4.96. The molecule has 1 atom stereocenters. The molecule has 1 rings (SSSR count). The lowest BCUT2D eigenvalue weighted by Gasteiger charge is -2.22. The number of ketones is 1. The fourth-order valence-electron chi connectivity index (χ4n) is 2.23. The van der Waals surface area contributed by atoms with Crippen molar-refractivity contribution in [3.63, 3.8) is 0 Å². The van der Waals surface area contributed by atoms with Gasteiger partial charge in [-0.25, -0.2) is 0 Å². The Bertz CT molecular complexity index is 427. The summed E-state index contributed by atoms with van der Waals surface area (Å²) in [7, 11) is 0. The van der Waals surface area contributed by atoms with Crippen LogP contribution in [0.2, 0.25) is 0 Å². The monoisotopic (exact) mass is 326 g/mol. The Hall–Kier alpha value is -0.830. The number of halogens is 1. The van der Waals surface area contributed by atoms with Crippen LogP contribution in [0.1, 0.15) is 52.0 Å². The Morgan fingerprint density at radius 3 is 2.53 bits per heavy atom. The van der Waals surface area contributed by atoms with Crippen molar-refractivity contribution >= 4 is 21.7 Å². The molecule has 0 bridgehead atoms. The molecule has 19 heavy (non-hydrogen) atoms. The first-order valence-electron chi connectivity index (χ1n) is 6.96. The highest BCUT2D eigenvalue weighted by molar-refractivity contribution is 9.10. The molecule has 0 aliphatic carbocycles. The summed E-state index contributed by atoms with van der Waals surface area (Å²) in [5.74, 6) is 1.29. The van der Waals surface area contributed by atoms with Crippen LogP contribution in [0.15, 0.2) is 22.7 Å². The number of benzene rings is 1. The van der Waals surface area contributed by atoms with Crippen molar-refractivity contribution < 1.29 is 9.53 Å². The van der Waals surface area contributed by atoms with Crippen molar-refractivity contribution in [3.05, 3.63) is 28.2 Å². The van der Waals surface area contributed by atoms with E-state index in [1.165, 1.54) is 0 Å². The van der Waals surface area contributed by atoms with Gasteiger partial charge in [-0.15, -0.1) is 0 Å². The molecule has 0 saturated heterocycles. The number of hydrogen-bond acceptors (Lipinski definition) is 2. The van der Waals surface area contributed by atoms with Gasteiger partial charge in [0.15, 0.2) is 0 Å². The van der Waals surface area contributed by atoms with E-state index >= 15 is 0 Å². The van der Waals surface area contributed by atoms with Crippen molar-refractivity contribution in [2.24, 2.45) is 5.92 Å². The summed E-state index contributed by atoms with van der Waals surface area (Å²) >= 11 is 3.49. The highest BCUT2D eigenvalue weighted by Crippen LogP contribution is 2.35. The van der Waals surface area contributed by atoms with Gasteiger partial charge in [-0.05, 0) is 30.5 Å². The molecule has 0 spiro atoms. The SMILES string of the molecule is CCCOc1ccc(Br)cc1C(C(=O)CC)C(C)C. The van der Waals surface area contributed by atoms with Gasteiger partial charge in [-0.3, -0.25) is 4.79 Å². The van der Waals surface area contributed by atoms with Gasteiger partial charge < -0.3 is 4.74 Å². The molecular weight excluding hydrogens is 304 g/mol. The number of ether oxygens (including phenoxy) is 1. The van der Waals surface area contributed by atoms with Crippen molar-refractivity contribution in [1.29, 1.82) is 0 Å². The molecule has 3 heteroatoms. The maximum atomic E-state index is 12.2. The van der Waals surface area contributed by atoms with E-state index in [-0.39, 0.29) is 17.6 Å². The van der Waals surface area contributed by atoms with E-state index in [1.54, 1.807) is 0 Å². The minimum absolute atomic E-state index is 0.0886. The summed E-state index contributed by atoms with van der Waals surface area (Å²) in [6.45, 7) is 8.85. The molecule has 1 aromatic carbocycles. The minimum Gasteiger partial charge on any atom is -0.493 e. The zero-order valence-corrected chi connectivity index (χ0v) is 13.8. The largest absolute Gasteiger partial charge is 0.493 e. The lowest BCUT2D eigenvalue weighted by molar-refractivity contribution is -0.121. The van der Waals surface area contributed by atoms with Crippen LogP contribution in [-0.4, -0.2) is 12.4 Å². The minimum atomic E-state index is -0.0886. The average molecular weight is 327 g/mol. The number of Topliss-reactive ketones (excluding diaryl/α,β-unsaturated/α-hetero) is 1. The Balaban J connectivity index is 3.19. The van der Waals surface area contributed by atoms with E-state index in [0.29, 0.717) is 13.0 Å². The Labute approximate surface area is 124 Å². The molecule has 0 fully saturated rings. The van der Waals surface area contributed by atoms with Gasteiger partial charge in [-0.1, -0.05) is 43.6 Å². The standard InChI is InChI=1S/C16H23BrO2/c1-5-9-19-15-8-7-12(17)10-13(15)16(11(3)4)14(18)6-2/h7-8,10-11,16H,5-6,9H2,1-4H3. The Kier molecular flexibility index (Phi) is 6.56. The molecule has 0 aromatic heterocycles. The number of rotatable bonds is 7. The molecule has 0 saturated carbocycles. The van der Waals surface area contributed by atoms with Crippen LogP contribution in [-0.2, 0) is 4.79 Å². The number of hydrogen-bond donors (Lipinski definition) is 0. The Morgan fingerprint density at radius 1 is 1.32 bits per heavy atom. The molecular formula is C16H23BrO2. The molecule has 0 aliphatic heterocycles. The van der Waals surface area contributed by atoms with Crippen LogP contribution in [0.3, 0.4) is 0 Å². The van der Waals surface area contributed by atoms with Gasteiger partial charge in [0.2, 0.25) is 0 Å². The third kappa shape index (κ3) is 4.34. The zero-order chi connectivity index (χ0) is 14.4. The molecule has 0 radical (unpaired) electrons. The van der Waals surface area contributed by atoms with Gasteiger partial charge >= 0.3 is 0 Å². The second-order valence-electron chi connectivity index (χ2n) is 5.07. The fourth-order valence-corrected chi connectivity index (χ4v) is 2.61. The van der Waals surface area contributed by atoms with Crippen LogP contribution in [0.5, 0.6) is 5.75 Å². The number of carbonyl (C=O) groups is 1. The van der Waals surface area contributed by atoms with Crippen LogP contribution in [0.4, 0.5) is 0 Å². The number of carbonyl (C=O) groups excluding carboxylic acids is 1. The summed E-state index contributed by atoms with van der Waals surface area (Å²) in [4.78, 5) is 12.2. The van der Waals surface area contributed by atoms with E-state index in [1.807, 2.05) is 25.1 Å². The highest BCUT2D eigenvalue weighted by atomic mass is 79.9. The third-order valence-corrected chi connectivity index (χ3v) is 3.62. The van der Waals surface area contributed by atoms with Gasteiger partial charge in [0.1, 0.15) is 11.5 Å². The normalized spacial score (nSPS) is 12.5.